The van der Waals surface area contributed by atoms with Gasteiger partial charge in [0.2, 0.25) is 0 Å². The Morgan fingerprint density at radius 2 is 1.80 bits per heavy atom. The van der Waals surface area contributed by atoms with Crippen LogP contribution in [0.4, 0.5) is 0 Å². The lowest BCUT2D eigenvalue weighted by Gasteiger charge is -2.41. The molecule has 0 aromatic heterocycles. The van der Waals surface area contributed by atoms with Gasteiger partial charge in [0.15, 0.2) is 0 Å². The van der Waals surface area contributed by atoms with Gasteiger partial charge < -0.3 is 14.8 Å². The molecule has 3 nitrogen and oxygen atoms in total. The minimum absolute atomic E-state index is 0.300. The van der Waals surface area contributed by atoms with Crippen LogP contribution in [0.15, 0.2) is 18.2 Å². The predicted octanol–water partition coefficient (Wildman–Crippen LogP) is 3.93. The highest BCUT2D eigenvalue weighted by molar-refractivity contribution is 5.43. The second kappa shape index (κ2) is 6.49. The van der Waals surface area contributed by atoms with Crippen LogP contribution in [-0.2, 0) is 0 Å². The quantitative estimate of drug-likeness (QED) is 0.884. The topological polar surface area (TPSA) is 30.5 Å². The van der Waals surface area contributed by atoms with Crippen LogP contribution < -0.4 is 14.8 Å². The van der Waals surface area contributed by atoms with Crippen LogP contribution >= 0.6 is 0 Å². The Balaban J connectivity index is 2.35. The summed E-state index contributed by atoms with van der Waals surface area (Å²) in [6.07, 6.45) is 6.56. The van der Waals surface area contributed by atoms with Gasteiger partial charge in [0.25, 0.3) is 0 Å². The number of hydrogen-bond donors (Lipinski definition) is 1. The average molecular weight is 277 g/mol. The molecule has 1 fully saturated rings. The minimum atomic E-state index is 0.300. The summed E-state index contributed by atoms with van der Waals surface area (Å²) in [5, 5.41) is 3.52. The van der Waals surface area contributed by atoms with Gasteiger partial charge in [-0.2, -0.15) is 0 Å². The fraction of sp³-hybridized carbons (Fsp3) is 0.647. The van der Waals surface area contributed by atoms with E-state index in [4.69, 9.17) is 9.47 Å². The predicted molar refractivity (Wildman–Crippen MR) is 82.5 cm³/mol. The zero-order valence-electron chi connectivity index (χ0n) is 13.2. The molecule has 1 unspecified atom stereocenters. The summed E-state index contributed by atoms with van der Waals surface area (Å²) >= 11 is 0. The second-order valence-electron chi connectivity index (χ2n) is 6.04. The molecular weight excluding hydrogens is 250 g/mol. The van der Waals surface area contributed by atoms with Crippen molar-refractivity contribution in [3.8, 4) is 11.5 Å². The molecule has 0 heterocycles. The molecular formula is C17H27NO2. The zero-order chi connectivity index (χ0) is 14.6. The third-order valence-electron chi connectivity index (χ3n) is 4.73. The van der Waals surface area contributed by atoms with Gasteiger partial charge >= 0.3 is 0 Å². The number of nitrogens with one attached hydrogen (secondary N) is 1. The van der Waals surface area contributed by atoms with E-state index in [0.29, 0.717) is 11.5 Å². The van der Waals surface area contributed by atoms with Crippen LogP contribution in [0, 0.1) is 5.41 Å². The Labute approximate surface area is 122 Å². The van der Waals surface area contributed by atoms with Gasteiger partial charge in [0.1, 0.15) is 11.5 Å². The van der Waals surface area contributed by atoms with E-state index in [2.05, 4.69) is 18.3 Å². The smallest absolute Gasteiger partial charge is 0.127 e. The molecule has 1 saturated carbocycles. The van der Waals surface area contributed by atoms with Gasteiger partial charge in [-0.05, 0) is 31.4 Å². The average Bonchev–Trinajstić information content (AvgIpc) is 2.48. The lowest BCUT2D eigenvalue weighted by Crippen LogP contribution is -2.36. The normalized spacial score (nSPS) is 19.4. The van der Waals surface area contributed by atoms with Crippen LogP contribution in [0.3, 0.4) is 0 Å². The summed E-state index contributed by atoms with van der Waals surface area (Å²) in [5.41, 5.74) is 1.54. The highest BCUT2D eigenvalue weighted by atomic mass is 16.5. The molecule has 112 valence electrons. The van der Waals surface area contributed by atoms with E-state index in [0.717, 1.165) is 11.5 Å². The van der Waals surface area contributed by atoms with Crippen molar-refractivity contribution in [2.75, 3.05) is 21.3 Å². The first-order valence-electron chi connectivity index (χ1n) is 7.54. The summed E-state index contributed by atoms with van der Waals surface area (Å²) in [6.45, 7) is 2.40. The Morgan fingerprint density at radius 3 is 2.35 bits per heavy atom. The van der Waals surface area contributed by atoms with Crippen molar-refractivity contribution in [1.82, 2.24) is 5.32 Å². The third-order valence-corrected chi connectivity index (χ3v) is 4.73. The molecule has 0 bridgehead atoms. The number of benzene rings is 1. The second-order valence-corrected chi connectivity index (χ2v) is 6.04. The molecule has 0 saturated heterocycles. The van der Waals surface area contributed by atoms with Crippen molar-refractivity contribution < 1.29 is 9.47 Å². The fourth-order valence-electron chi connectivity index (χ4n) is 3.58. The Kier molecular flexibility index (Phi) is 4.92. The lowest BCUT2D eigenvalue weighted by molar-refractivity contribution is 0.148. The van der Waals surface area contributed by atoms with Crippen molar-refractivity contribution in [2.45, 2.75) is 45.1 Å². The Morgan fingerprint density at radius 1 is 1.10 bits per heavy atom. The van der Waals surface area contributed by atoms with E-state index in [1.54, 1.807) is 14.2 Å². The van der Waals surface area contributed by atoms with E-state index in [-0.39, 0.29) is 0 Å². The van der Waals surface area contributed by atoms with Crippen molar-refractivity contribution in [3.63, 3.8) is 0 Å². The van der Waals surface area contributed by atoms with E-state index in [1.807, 2.05) is 19.2 Å². The van der Waals surface area contributed by atoms with E-state index < -0.39 is 0 Å². The largest absolute Gasteiger partial charge is 0.497 e. The maximum Gasteiger partial charge on any atom is 0.127 e. The molecule has 0 spiro atoms. The molecule has 0 amide bonds. The Hall–Kier alpha value is -1.22. The van der Waals surface area contributed by atoms with Crippen molar-refractivity contribution in [1.29, 1.82) is 0 Å². The highest BCUT2D eigenvalue weighted by Crippen LogP contribution is 2.47. The lowest BCUT2D eigenvalue weighted by atomic mass is 9.68. The van der Waals surface area contributed by atoms with Gasteiger partial charge in [0.05, 0.1) is 14.2 Å². The minimum Gasteiger partial charge on any atom is -0.497 e. The number of methoxy groups -OCH3 is 2. The van der Waals surface area contributed by atoms with Crippen LogP contribution in [0.5, 0.6) is 11.5 Å². The molecule has 1 N–H and O–H groups in total. The van der Waals surface area contributed by atoms with E-state index in [1.165, 1.54) is 37.7 Å². The molecule has 0 radical (unpaired) electrons. The molecule has 1 aromatic carbocycles. The van der Waals surface area contributed by atoms with Gasteiger partial charge in [0, 0.05) is 17.7 Å². The van der Waals surface area contributed by atoms with E-state index >= 15 is 0 Å². The molecule has 20 heavy (non-hydrogen) atoms. The van der Waals surface area contributed by atoms with E-state index in [9.17, 15) is 0 Å². The zero-order valence-corrected chi connectivity index (χ0v) is 13.2. The monoisotopic (exact) mass is 277 g/mol. The van der Waals surface area contributed by atoms with Crippen molar-refractivity contribution in [3.05, 3.63) is 23.8 Å². The summed E-state index contributed by atoms with van der Waals surface area (Å²) in [6, 6.07) is 6.46. The maximum absolute atomic E-state index is 5.59. The first kappa shape index (κ1) is 15.2. The van der Waals surface area contributed by atoms with Crippen molar-refractivity contribution in [2.24, 2.45) is 5.41 Å². The van der Waals surface area contributed by atoms with Gasteiger partial charge in [-0.1, -0.05) is 32.3 Å². The summed E-state index contributed by atoms with van der Waals surface area (Å²) in [5.74, 6) is 1.75. The summed E-state index contributed by atoms with van der Waals surface area (Å²) < 4.78 is 10.9. The first-order chi connectivity index (χ1) is 9.64. The fourth-order valence-corrected chi connectivity index (χ4v) is 3.58. The number of rotatable bonds is 5. The molecule has 1 atom stereocenters. The van der Waals surface area contributed by atoms with Crippen LogP contribution in [0.2, 0.25) is 0 Å². The summed E-state index contributed by atoms with van der Waals surface area (Å²) in [7, 11) is 5.47. The standard InChI is InChI=1S/C17H27NO2/c1-17(10-6-5-7-11-17)16(18-2)14-9-8-13(19-3)12-15(14)20-4/h8-9,12,16,18H,5-7,10-11H2,1-4H3. The first-order valence-corrected chi connectivity index (χ1v) is 7.54. The molecule has 3 heteroatoms. The highest BCUT2D eigenvalue weighted by Gasteiger charge is 2.36. The van der Waals surface area contributed by atoms with Gasteiger partial charge in [-0.15, -0.1) is 0 Å². The van der Waals surface area contributed by atoms with Crippen LogP contribution in [0.25, 0.3) is 0 Å². The molecule has 2 rings (SSSR count). The van der Waals surface area contributed by atoms with Crippen LogP contribution in [0.1, 0.15) is 50.6 Å². The maximum atomic E-state index is 5.59. The molecule has 1 aliphatic carbocycles. The van der Waals surface area contributed by atoms with Crippen molar-refractivity contribution >= 4 is 0 Å². The number of ether oxygens (including phenoxy) is 2. The Bertz CT molecular complexity index is 439. The SMILES string of the molecule is CNC(c1ccc(OC)cc1OC)C1(C)CCCCC1. The van der Waals surface area contributed by atoms with Gasteiger partial charge in [-0.3, -0.25) is 0 Å². The molecule has 1 aromatic rings. The van der Waals surface area contributed by atoms with Gasteiger partial charge in [-0.25, -0.2) is 0 Å². The third kappa shape index (κ3) is 2.93. The van der Waals surface area contributed by atoms with Crippen LogP contribution in [-0.4, -0.2) is 21.3 Å². The number of hydrogen-bond acceptors (Lipinski definition) is 3. The molecule has 0 aliphatic heterocycles. The molecule has 1 aliphatic rings. The summed E-state index contributed by atoms with van der Waals surface area (Å²) in [4.78, 5) is 0.